The summed E-state index contributed by atoms with van der Waals surface area (Å²) in [4.78, 5) is 3.45. The molecular weight excluding hydrogens is 384 g/mol. The number of aromatic nitrogens is 1. The zero-order valence-corrected chi connectivity index (χ0v) is 17.2. The van der Waals surface area contributed by atoms with E-state index in [9.17, 15) is 16.8 Å². The van der Waals surface area contributed by atoms with Gasteiger partial charge in [0.05, 0.1) is 22.4 Å². The molecule has 0 amide bonds. The molecule has 0 aliphatic rings. The van der Waals surface area contributed by atoms with Crippen LogP contribution in [0.25, 0.3) is 10.9 Å². The van der Waals surface area contributed by atoms with Gasteiger partial charge in [-0.25, -0.2) is 16.8 Å². The maximum atomic E-state index is 11.7. The number of hydrogen-bond donors (Lipinski definition) is 2. The summed E-state index contributed by atoms with van der Waals surface area (Å²) in [7, 11) is -6.64. The van der Waals surface area contributed by atoms with Gasteiger partial charge in [0.25, 0.3) is 0 Å². The van der Waals surface area contributed by atoms with E-state index in [2.05, 4.69) is 9.71 Å². The highest BCUT2D eigenvalue weighted by atomic mass is 32.2. The molecule has 27 heavy (non-hydrogen) atoms. The fourth-order valence-corrected chi connectivity index (χ4v) is 4.43. The van der Waals surface area contributed by atoms with Crippen molar-refractivity contribution < 1.29 is 16.8 Å². The molecule has 0 saturated heterocycles. The van der Waals surface area contributed by atoms with Crippen LogP contribution in [-0.2, 0) is 25.3 Å². The van der Waals surface area contributed by atoms with Gasteiger partial charge in [0.15, 0.2) is 9.84 Å². The monoisotopic (exact) mass is 406 g/mol. The molecule has 0 aliphatic carbocycles. The molecule has 2 aromatic carbocycles. The third-order valence-electron chi connectivity index (χ3n) is 4.69. The number of fused-ring (bicyclic) bond motifs is 1. The van der Waals surface area contributed by atoms with Crippen molar-refractivity contribution in [1.82, 2.24) is 4.98 Å². The summed E-state index contributed by atoms with van der Waals surface area (Å²) in [5.74, 6) is 0. The number of rotatable bonds is 5. The highest BCUT2D eigenvalue weighted by Gasteiger charge is 2.27. The summed E-state index contributed by atoms with van der Waals surface area (Å²) in [6, 6.07) is 12.3. The minimum absolute atomic E-state index is 0.278. The predicted octanol–water partition coefficient (Wildman–Crippen LogP) is 3.27. The van der Waals surface area contributed by atoms with E-state index in [4.69, 9.17) is 0 Å². The van der Waals surface area contributed by atoms with Crippen molar-refractivity contribution in [2.75, 3.05) is 17.2 Å². The van der Waals surface area contributed by atoms with E-state index >= 15 is 0 Å². The van der Waals surface area contributed by atoms with Crippen molar-refractivity contribution in [3.05, 3.63) is 59.8 Å². The van der Waals surface area contributed by atoms with E-state index in [-0.39, 0.29) is 4.90 Å². The van der Waals surface area contributed by atoms with Crippen LogP contribution in [0.2, 0.25) is 0 Å². The van der Waals surface area contributed by atoms with Gasteiger partial charge in [-0.05, 0) is 29.3 Å². The van der Waals surface area contributed by atoms with Gasteiger partial charge in [-0.1, -0.05) is 38.1 Å². The van der Waals surface area contributed by atoms with Crippen molar-refractivity contribution in [3.8, 4) is 0 Å². The largest absolute Gasteiger partial charge is 0.359 e. The van der Waals surface area contributed by atoms with Crippen molar-refractivity contribution in [3.63, 3.8) is 0 Å². The van der Waals surface area contributed by atoms with Crippen LogP contribution in [-0.4, -0.2) is 34.3 Å². The van der Waals surface area contributed by atoms with Gasteiger partial charge in [0, 0.05) is 23.3 Å². The first-order valence-corrected chi connectivity index (χ1v) is 12.1. The Morgan fingerprint density at radius 1 is 0.926 bits per heavy atom. The molecule has 0 spiro atoms. The van der Waals surface area contributed by atoms with Gasteiger partial charge >= 0.3 is 0 Å². The Morgan fingerprint density at radius 3 is 2.11 bits per heavy atom. The first-order chi connectivity index (χ1) is 12.4. The minimum Gasteiger partial charge on any atom is -0.359 e. The van der Waals surface area contributed by atoms with Crippen molar-refractivity contribution in [2.45, 2.75) is 24.2 Å². The second-order valence-corrected chi connectivity index (χ2v) is 11.0. The van der Waals surface area contributed by atoms with Crippen LogP contribution in [0.1, 0.15) is 25.0 Å². The lowest BCUT2D eigenvalue weighted by Crippen LogP contribution is -2.18. The molecule has 8 heteroatoms. The maximum Gasteiger partial charge on any atom is 0.229 e. The van der Waals surface area contributed by atoms with Crippen LogP contribution < -0.4 is 4.72 Å². The first kappa shape index (κ1) is 19.4. The number of para-hydroxylation sites is 1. The zero-order valence-electron chi connectivity index (χ0n) is 15.6. The van der Waals surface area contributed by atoms with E-state index in [1.54, 1.807) is 24.3 Å². The summed E-state index contributed by atoms with van der Waals surface area (Å²) in [5, 5.41) is 0.904. The molecule has 1 aromatic heterocycles. The second kappa shape index (κ2) is 6.38. The summed E-state index contributed by atoms with van der Waals surface area (Å²) in [6.07, 6.45) is 4.16. The van der Waals surface area contributed by atoms with E-state index in [0.717, 1.165) is 22.8 Å². The molecule has 6 nitrogen and oxygen atoms in total. The highest BCUT2D eigenvalue weighted by molar-refractivity contribution is 7.92. The van der Waals surface area contributed by atoms with Crippen LogP contribution >= 0.6 is 0 Å². The topological polar surface area (TPSA) is 96.1 Å². The van der Waals surface area contributed by atoms with Gasteiger partial charge in [0.2, 0.25) is 10.0 Å². The zero-order chi connectivity index (χ0) is 20.0. The summed E-state index contributed by atoms with van der Waals surface area (Å²) in [6.45, 7) is 4.09. The molecule has 0 saturated carbocycles. The molecule has 0 fully saturated rings. The summed E-state index contributed by atoms with van der Waals surface area (Å²) < 4.78 is 49.1. The summed E-state index contributed by atoms with van der Waals surface area (Å²) in [5.41, 5.74) is 2.72. The molecule has 0 atom stereocenters. The molecule has 1 heterocycles. The normalized spacial score (nSPS) is 13.0. The molecule has 0 unspecified atom stereocenters. The molecule has 0 bridgehead atoms. The smallest absolute Gasteiger partial charge is 0.229 e. The number of aromatic amines is 1. The van der Waals surface area contributed by atoms with Gasteiger partial charge in [0.1, 0.15) is 0 Å². The Balaban J connectivity index is 2.10. The fraction of sp³-hybridized carbons (Fsp3) is 0.263. The quantitative estimate of drug-likeness (QED) is 0.680. The average molecular weight is 407 g/mol. The third kappa shape index (κ3) is 3.86. The highest BCUT2D eigenvalue weighted by Crippen LogP contribution is 2.38. The van der Waals surface area contributed by atoms with Crippen LogP contribution in [0.15, 0.2) is 53.6 Å². The number of sulfone groups is 1. The van der Waals surface area contributed by atoms with Crippen molar-refractivity contribution >= 4 is 36.5 Å². The Hall–Kier alpha value is -2.32. The first-order valence-electron chi connectivity index (χ1n) is 8.28. The van der Waals surface area contributed by atoms with E-state index in [0.29, 0.717) is 11.2 Å². The van der Waals surface area contributed by atoms with E-state index < -0.39 is 25.3 Å². The predicted molar refractivity (Wildman–Crippen MR) is 108 cm³/mol. The third-order valence-corrected chi connectivity index (χ3v) is 6.41. The van der Waals surface area contributed by atoms with Crippen LogP contribution in [0.3, 0.4) is 0 Å². The number of hydrogen-bond acceptors (Lipinski definition) is 4. The van der Waals surface area contributed by atoms with Crippen molar-refractivity contribution in [2.24, 2.45) is 0 Å². The van der Waals surface area contributed by atoms with Gasteiger partial charge in [-0.2, -0.15) is 0 Å². The second-order valence-electron chi connectivity index (χ2n) is 7.23. The molecule has 0 radical (unpaired) electrons. The average Bonchev–Trinajstić information content (AvgIpc) is 2.99. The van der Waals surface area contributed by atoms with Gasteiger partial charge in [-0.15, -0.1) is 0 Å². The minimum atomic E-state index is -3.39. The molecule has 3 aromatic rings. The molecular formula is C19H22N2O4S2. The van der Waals surface area contributed by atoms with Crippen LogP contribution in [0.5, 0.6) is 0 Å². The molecule has 2 N–H and O–H groups in total. The van der Waals surface area contributed by atoms with Gasteiger partial charge in [-0.3, -0.25) is 4.72 Å². The van der Waals surface area contributed by atoms with Gasteiger partial charge < -0.3 is 4.98 Å². The Labute approximate surface area is 159 Å². The number of sulfonamides is 1. The lowest BCUT2D eigenvalue weighted by Gasteiger charge is -2.25. The van der Waals surface area contributed by atoms with E-state index in [1.165, 1.54) is 6.26 Å². The van der Waals surface area contributed by atoms with Crippen molar-refractivity contribution in [1.29, 1.82) is 0 Å². The van der Waals surface area contributed by atoms with Crippen LogP contribution in [0, 0.1) is 0 Å². The number of H-pyrrole nitrogens is 1. The maximum absolute atomic E-state index is 11.7. The molecule has 0 aliphatic heterocycles. The fourth-order valence-electron chi connectivity index (χ4n) is 3.23. The Bertz CT molecular complexity index is 1210. The van der Waals surface area contributed by atoms with E-state index in [1.807, 2.05) is 38.2 Å². The Kier molecular flexibility index (Phi) is 4.60. The van der Waals surface area contributed by atoms with Crippen LogP contribution in [0.4, 0.5) is 5.69 Å². The Morgan fingerprint density at radius 2 is 1.56 bits per heavy atom. The number of anilines is 1. The number of nitrogens with one attached hydrogen (secondary N) is 2. The lowest BCUT2D eigenvalue weighted by atomic mass is 9.78. The number of benzene rings is 2. The SMILES string of the molecule is CC(C)(c1ccc(S(C)(=O)=O)cc1)c1c[nH]c2c(NS(C)(=O)=O)cccc12. The molecule has 3 rings (SSSR count). The summed E-state index contributed by atoms with van der Waals surface area (Å²) >= 11 is 0. The lowest BCUT2D eigenvalue weighted by molar-refractivity contribution is 0.600. The molecule has 144 valence electrons. The standard InChI is InChI=1S/C19H22N2O4S2/c1-19(2,13-8-10-14(11-9-13)26(3,22)23)16-12-20-18-15(16)6-5-7-17(18)21-27(4,24)25/h5-12,20-21H,1-4H3.